The van der Waals surface area contributed by atoms with Gasteiger partial charge in [0.25, 0.3) is 0 Å². The lowest BCUT2D eigenvalue weighted by Gasteiger charge is -2.36. The lowest BCUT2D eigenvalue weighted by atomic mass is 9.82. The number of aromatic nitrogens is 2. The monoisotopic (exact) mass is 339 g/mol. The highest BCUT2D eigenvalue weighted by Gasteiger charge is 2.28. The lowest BCUT2D eigenvalue weighted by molar-refractivity contribution is 0.295. The van der Waals surface area contributed by atoms with Crippen molar-refractivity contribution < 1.29 is 4.39 Å². The van der Waals surface area contributed by atoms with E-state index < -0.39 is 0 Å². The third-order valence-corrected chi connectivity index (χ3v) is 5.47. The third-order valence-electron chi connectivity index (χ3n) is 4.37. The molecule has 0 saturated carbocycles. The minimum absolute atomic E-state index is 0.193. The highest BCUT2D eigenvalue weighted by atomic mass is 35.5. The summed E-state index contributed by atoms with van der Waals surface area (Å²) in [6.45, 7) is 6.06. The molecule has 1 aromatic heterocycles. The lowest BCUT2D eigenvalue weighted by Crippen LogP contribution is -2.40. The van der Waals surface area contributed by atoms with E-state index in [9.17, 15) is 4.39 Å². The zero-order chi connectivity index (χ0) is 15.7. The number of benzene rings is 1. The van der Waals surface area contributed by atoms with E-state index >= 15 is 0 Å². The number of nitrogens with zero attached hydrogens (tertiary/aromatic N) is 3. The minimum atomic E-state index is -0.193. The van der Waals surface area contributed by atoms with Gasteiger partial charge in [-0.15, -0.1) is 0 Å². The smallest absolute Gasteiger partial charge is 0.205 e. The molecule has 0 aliphatic carbocycles. The summed E-state index contributed by atoms with van der Waals surface area (Å²) < 4.78 is 18.2. The second-order valence-corrected chi connectivity index (χ2v) is 7.20. The fourth-order valence-corrected chi connectivity index (χ4v) is 3.92. The molecule has 2 atom stereocenters. The van der Waals surface area contributed by atoms with Crippen molar-refractivity contribution in [2.75, 3.05) is 18.0 Å². The SMILES string of the molecule is Cc1nsc(N2CCC(Cc3ccc(Cl)cc3F)C(C)C2)n1. The van der Waals surface area contributed by atoms with Crippen LogP contribution in [0.5, 0.6) is 0 Å². The van der Waals surface area contributed by atoms with Crippen molar-refractivity contribution in [1.82, 2.24) is 9.36 Å². The number of halogens is 2. The highest BCUT2D eigenvalue weighted by molar-refractivity contribution is 7.09. The van der Waals surface area contributed by atoms with Crippen LogP contribution in [0.2, 0.25) is 5.02 Å². The van der Waals surface area contributed by atoms with Crippen molar-refractivity contribution >= 4 is 28.3 Å². The van der Waals surface area contributed by atoms with E-state index in [0.29, 0.717) is 16.9 Å². The molecule has 1 aliphatic rings. The Balaban J connectivity index is 1.65. The van der Waals surface area contributed by atoms with E-state index in [0.717, 1.165) is 42.5 Å². The molecule has 22 heavy (non-hydrogen) atoms. The van der Waals surface area contributed by atoms with E-state index in [2.05, 4.69) is 21.2 Å². The molecular formula is C16H19ClFN3S. The number of hydrogen-bond acceptors (Lipinski definition) is 4. The van der Waals surface area contributed by atoms with Gasteiger partial charge in [-0.25, -0.2) is 9.37 Å². The van der Waals surface area contributed by atoms with Gasteiger partial charge in [-0.3, -0.25) is 0 Å². The van der Waals surface area contributed by atoms with Gasteiger partial charge in [0.15, 0.2) is 0 Å². The van der Waals surface area contributed by atoms with E-state index in [1.807, 2.05) is 13.0 Å². The van der Waals surface area contributed by atoms with Gasteiger partial charge >= 0.3 is 0 Å². The van der Waals surface area contributed by atoms with Crippen LogP contribution in [0.4, 0.5) is 9.52 Å². The Hall–Kier alpha value is -1.20. The van der Waals surface area contributed by atoms with Gasteiger partial charge in [-0.1, -0.05) is 24.6 Å². The predicted octanol–water partition coefficient (Wildman–Crippen LogP) is 4.34. The van der Waals surface area contributed by atoms with Crippen LogP contribution < -0.4 is 4.90 Å². The summed E-state index contributed by atoms with van der Waals surface area (Å²) in [6, 6.07) is 4.98. The van der Waals surface area contributed by atoms with Crippen LogP contribution in [0.3, 0.4) is 0 Å². The van der Waals surface area contributed by atoms with E-state index in [1.165, 1.54) is 17.6 Å². The van der Waals surface area contributed by atoms with Crippen LogP contribution in [0.25, 0.3) is 0 Å². The fourth-order valence-electron chi connectivity index (χ4n) is 3.06. The van der Waals surface area contributed by atoms with Gasteiger partial charge < -0.3 is 4.90 Å². The summed E-state index contributed by atoms with van der Waals surface area (Å²) >= 11 is 7.28. The molecule has 1 fully saturated rings. The average molecular weight is 340 g/mol. The van der Waals surface area contributed by atoms with Gasteiger partial charge in [0.1, 0.15) is 11.6 Å². The maximum absolute atomic E-state index is 14.0. The van der Waals surface area contributed by atoms with Crippen molar-refractivity contribution in [2.24, 2.45) is 11.8 Å². The van der Waals surface area contributed by atoms with Crippen LogP contribution in [-0.2, 0) is 6.42 Å². The first-order valence-electron chi connectivity index (χ1n) is 7.52. The summed E-state index contributed by atoms with van der Waals surface area (Å²) in [5.41, 5.74) is 0.765. The average Bonchev–Trinajstić information content (AvgIpc) is 2.90. The molecule has 6 heteroatoms. The summed E-state index contributed by atoms with van der Waals surface area (Å²) in [6.07, 6.45) is 1.81. The normalized spacial score (nSPS) is 22.1. The molecule has 0 radical (unpaired) electrons. The molecule has 0 N–H and O–H groups in total. The van der Waals surface area contributed by atoms with Crippen molar-refractivity contribution in [3.8, 4) is 0 Å². The van der Waals surface area contributed by atoms with Crippen LogP contribution in [0.15, 0.2) is 18.2 Å². The van der Waals surface area contributed by atoms with Crippen LogP contribution in [-0.4, -0.2) is 22.4 Å². The zero-order valence-corrected chi connectivity index (χ0v) is 14.3. The van der Waals surface area contributed by atoms with Crippen LogP contribution in [0, 0.1) is 24.6 Å². The molecule has 3 rings (SSSR count). The number of rotatable bonds is 3. The first-order chi connectivity index (χ1) is 10.5. The van der Waals surface area contributed by atoms with E-state index in [-0.39, 0.29) is 5.82 Å². The fraction of sp³-hybridized carbons (Fsp3) is 0.500. The van der Waals surface area contributed by atoms with Gasteiger partial charge in [0.2, 0.25) is 5.13 Å². The van der Waals surface area contributed by atoms with Crippen molar-refractivity contribution in [1.29, 1.82) is 0 Å². The Morgan fingerprint density at radius 2 is 2.27 bits per heavy atom. The third kappa shape index (κ3) is 3.41. The maximum Gasteiger partial charge on any atom is 0.205 e. The Labute approximate surface area is 139 Å². The number of anilines is 1. The zero-order valence-electron chi connectivity index (χ0n) is 12.7. The van der Waals surface area contributed by atoms with Gasteiger partial charge in [-0.05, 0) is 49.3 Å². The predicted molar refractivity (Wildman–Crippen MR) is 89.2 cm³/mol. The summed E-state index contributed by atoms with van der Waals surface area (Å²) in [4.78, 5) is 6.76. The van der Waals surface area contributed by atoms with Crippen molar-refractivity contribution in [3.05, 3.63) is 40.4 Å². The highest BCUT2D eigenvalue weighted by Crippen LogP contribution is 2.31. The first-order valence-corrected chi connectivity index (χ1v) is 8.67. The van der Waals surface area contributed by atoms with E-state index in [4.69, 9.17) is 11.6 Å². The second-order valence-electron chi connectivity index (χ2n) is 6.04. The van der Waals surface area contributed by atoms with Gasteiger partial charge in [-0.2, -0.15) is 4.37 Å². The number of piperidine rings is 1. The second kappa shape index (κ2) is 6.50. The molecule has 2 unspecified atom stereocenters. The molecular weight excluding hydrogens is 321 g/mol. The Morgan fingerprint density at radius 3 is 2.91 bits per heavy atom. The summed E-state index contributed by atoms with van der Waals surface area (Å²) in [5, 5.41) is 1.45. The molecule has 1 aromatic carbocycles. The quantitative estimate of drug-likeness (QED) is 0.832. The molecule has 118 valence electrons. The Bertz CT molecular complexity index is 661. The number of aryl methyl sites for hydroxylation is 1. The number of hydrogen-bond donors (Lipinski definition) is 0. The van der Waals surface area contributed by atoms with Crippen LogP contribution >= 0.6 is 23.1 Å². The largest absolute Gasteiger partial charge is 0.347 e. The summed E-state index contributed by atoms with van der Waals surface area (Å²) in [7, 11) is 0. The maximum atomic E-state index is 14.0. The summed E-state index contributed by atoms with van der Waals surface area (Å²) in [5.74, 6) is 1.62. The van der Waals surface area contributed by atoms with Crippen molar-refractivity contribution in [2.45, 2.75) is 26.7 Å². The molecule has 1 aliphatic heterocycles. The Morgan fingerprint density at radius 1 is 1.45 bits per heavy atom. The Kier molecular flexibility index (Phi) is 4.64. The first kappa shape index (κ1) is 15.7. The van der Waals surface area contributed by atoms with Crippen molar-refractivity contribution in [3.63, 3.8) is 0 Å². The molecule has 3 nitrogen and oxygen atoms in total. The van der Waals surface area contributed by atoms with Gasteiger partial charge in [0.05, 0.1) is 0 Å². The van der Waals surface area contributed by atoms with E-state index in [1.54, 1.807) is 6.07 Å². The molecule has 0 spiro atoms. The molecule has 1 saturated heterocycles. The molecule has 0 bridgehead atoms. The molecule has 2 aromatic rings. The molecule has 2 heterocycles. The minimum Gasteiger partial charge on any atom is -0.347 e. The van der Waals surface area contributed by atoms with Gasteiger partial charge in [0, 0.05) is 29.6 Å². The molecule has 0 amide bonds. The topological polar surface area (TPSA) is 29.0 Å². The standard InChI is InChI=1S/C16H19ClFN3S/c1-10-9-21(16-19-11(2)20-22-16)6-5-12(10)7-13-3-4-14(17)8-15(13)18/h3-4,8,10,12H,5-7,9H2,1-2H3. The van der Waals surface area contributed by atoms with Crippen LogP contribution in [0.1, 0.15) is 24.7 Å².